The van der Waals surface area contributed by atoms with Crippen molar-refractivity contribution < 1.29 is 9.66 Å². The minimum absolute atomic E-state index is 0.00313. The summed E-state index contributed by atoms with van der Waals surface area (Å²) >= 11 is 0. The summed E-state index contributed by atoms with van der Waals surface area (Å²) in [5.41, 5.74) is 2.30. The molecule has 1 unspecified atom stereocenters. The van der Waals surface area contributed by atoms with Crippen LogP contribution in [0, 0.1) is 17.0 Å². The van der Waals surface area contributed by atoms with Gasteiger partial charge in [-0.25, -0.2) is 4.68 Å². The first kappa shape index (κ1) is 16.3. The van der Waals surface area contributed by atoms with Gasteiger partial charge in [0.25, 0.3) is 0 Å². The van der Waals surface area contributed by atoms with E-state index < -0.39 is 4.92 Å². The van der Waals surface area contributed by atoms with E-state index in [-0.39, 0.29) is 5.69 Å². The third kappa shape index (κ3) is 3.05. The van der Waals surface area contributed by atoms with Gasteiger partial charge in [0, 0.05) is 31.0 Å². The molecule has 2 aromatic rings. The van der Waals surface area contributed by atoms with Crippen molar-refractivity contribution in [3.05, 3.63) is 40.1 Å². The Balaban J connectivity index is 1.81. The van der Waals surface area contributed by atoms with Gasteiger partial charge in [-0.1, -0.05) is 0 Å². The molecule has 8 nitrogen and oxygen atoms in total. The largest absolute Gasteiger partial charge is 0.377 e. The lowest BCUT2D eigenvalue weighted by Gasteiger charge is -2.35. The van der Waals surface area contributed by atoms with Crippen molar-refractivity contribution in [1.29, 1.82) is 0 Å². The van der Waals surface area contributed by atoms with Crippen LogP contribution in [0.3, 0.4) is 0 Å². The third-order valence-electron chi connectivity index (χ3n) is 4.20. The fourth-order valence-corrected chi connectivity index (χ4v) is 2.99. The van der Waals surface area contributed by atoms with E-state index in [2.05, 4.69) is 22.2 Å². The summed E-state index contributed by atoms with van der Waals surface area (Å²) < 4.78 is 6.95. The number of hydrogen-bond donors (Lipinski definition) is 1. The van der Waals surface area contributed by atoms with E-state index in [1.165, 1.54) is 4.68 Å². The number of aryl methyl sites for hydroxylation is 2. The highest BCUT2D eigenvalue weighted by atomic mass is 16.6. The van der Waals surface area contributed by atoms with Crippen molar-refractivity contribution in [1.82, 2.24) is 9.78 Å². The van der Waals surface area contributed by atoms with E-state index in [1.807, 2.05) is 24.3 Å². The molecule has 1 atom stereocenters. The topological polar surface area (TPSA) is 85.5 Å². The molecule has 1 aliphatic rings. The second-order valence-corrected chi connectivity index (χ2v) is 5.95. The van der Waals surface area contributed by atoms with Crippen molar-refractivity contribution in [2.24, 2.45) is 7.05 Å². The van der Waals surface area contributed by atoms with E-state index >= 15 is 0 Å². The van der Waals surface area contributed by atoms with Crippen molar-refractivity contribution in [3.63, 3.8) is 0 Å². The Morgan fingerprint density at radius 1 is 1.38 bits per heavy atom. The molecule has 8 heteroatoms. The lowest BCUT2D eigenvalue weighted by atomic mass is 10.2. The highest BCUT2D eigenvalue weighted by molar-refractivity contribution is 5.69. The molecule has 1 saturated heterocycles. The van der Waals surface area contributed by atoms with Gasteiger partial charge in [0.15, 0.2) is 0 Å². The van der Waals surface area contributed by atoms with E-state index in [0.717, 1.165) is 31.1 Å². The number of ether oxygens (including phenoxy) is 1. The number of hydrogen-bond acceptors (Lipinski definition) is 6. The first-order chi connectivity index (χ1) is 11.5. The van der Waals surface area contributed by atoms with Gasteiger partial charge in [-0.3, -0.25) is 10.1 Å². The highest BCUT2D eigenvalue weighted by Gasteiger charge is 2.24. The second kappa shape index (κ2) is 6.48. The maximum atomic E-state index is 11.2. The quantitative estimate of drug-likeness (QED) is 0.685. The molecular formula is C16H21N5O3. The van der Waals surface area contributed by atoms with Crippen LogP contribution in [0.2, 0.25) is 0 Å². The number of aromatic nitrogens is 2. The van der Waals surface area contributed by atoms with Gasteiger partial charge in [0.05, 0.1) is 18.1 Å². The summed E-state index contributed by atoms with van der Waals surface area (Å²) in [6.07, 6.45) is 0. The van der Waals surface area contributed by atoms with Crippen molar-refractivity contribution in [2.45, 2.75) is 19.9 Å². The molecule has 3 rings (SSSR count). The molecule has 2 heterocycles. The number of nitrogens with zero attached hydrogens (tertiary/aromatic N) is 4. The van der Waals surface area contributed by atoms with Gasteiger partial charge in [-0.2, -0.15) is 5.10 Å². The van der Waals surface area contributed by atoms with Crippen LogP contribution in [0.25, 0.3) is 0 Å². The molecule has 0 amide bonds. The number of morpholine rings is 1. The van der Waals surface area contributed by atoms with Crippen molar-refractivity contribution in [3.8, 4) is 0 Å². The Hall–Kier alpha value is -2.61. The standard InChI is InChI=1S/C16H21N5O3/c1-11-10-24-9-8-20(11)14-6-4-13(5-7-14)17-16-15(21(22)23)12(2)18-19(16)3/h4-7,11,17H,8-10H2,1-3H3. The average Bonchev–Trinajstić information content (AvgIpc) is 2.82. The molecule has 0 spiro atoms. The molecule has 1 N–H and O–H groups in total. The Bertz CT molecular complexity index is 741. The van der Waals surface area contributed by atoms with Crippen LogP contribution in [-0.2, 0) is 11.8 Å². The molecular weight excluding hydrogens is 310 g/mol. The smallest absolute Gasteiger partial charge is 0.334 e. The Kier molecular flexibility index (Phi) is 4.39. The molecule has 24 heavy (non-hydrogen) atoms. The normalized spacial score (nSPS) is 17.8. The third-order valence-corrected chi connectivity index (χ3v) is 4.20. The number of rotatable bonds is 4. The fourth-order valence-electron chi connectivity index (χ4n) is 2.99. The van der Waals surface area contributed by atoms with Crippen molar-refractivity contribution >= 4 is 22.9 Å². The highest BCUT2D eigenvalue weighted by Crippen LogP contribution is 2.31. The van der Waals surface area contributed by atoms with Crippen LogP contribution < -0.4 is 10.2 Å². The first-order valence-electron chi connectivity index (χ1n) is 7.87. The van der Waals surface area contributed by atoms with Gasteiger partial charge >= 0.3 is 5.69 Å². The molecule has 1 fully saturated rings. The summed E-state index contributed by atoms with van der Waals surface area (Å²) in [5, 5.41) is 18.5. The fraction of sp³-hybridized carbons (Fsp3) is 0.438. The van der Waals surface area contributed by atoms with Crippen LogP contribution in [0.15, 0.2) is 24.3 Å². The van der Waals surface area contributed by atoms with Crippen LogP contribution in [0.4, 0.5) is 22.9 Å². The predicted molar refractivity (Wildman–Crippen MR) is 92.0 cm³/mol. The number of benzene rings is 1. The first-order valence-corrected chi connectivity index (χ1v) is 7.87. The summed E-state index contributed by atoms with van der Waals surface area (Å²) in [7, 11) is 1.69. The summed E-state index contributed by atoms with van der Waals surface area (Å²) in [4.78, 5) is 13.1. The molecule has 0 aliphatic carbocycles. The molecule has 0 saturated carbocycles. The number of nitrogens with one attached hydrogen (secondary N) is 1. The van der Waals surface area contributed by atoms with Gasteiger partial charge in [0.2, 0.25) is 5.82 Å². The summed E-state index contributed by atoms with van der Waals surface area (Å²) in [5.74, 6) is 0.380. The van der Waals surface area contributed by atoms with E-state index in [4.69, 9.17) is 4.74 Å². The number of anilines is 3. The van der Waals surface area contributed by atoms with Gasteiger partial charge in [-0.05, 0) is 38.1 Å². The summed E-state index contributed by atoms with van der Waals surface area (Å²) in [6.45, 7) is 6.07. The molecule has 0 bridgehead atoms. The van der Waals surface area contributed by atoms with Gasteiger partial charge in [-0.15, -0.1) is 0 Å². The predicted octanol–water partition coefficient (Wildman–Crippen LogP) is 2.61. The minimum atomic E-state index is -0.408. The van der Waals surface area contributed by atoms with E-state index in [9.17, 15) is 10.1 Å². The zero-order valence-corrected chi connectivity index (χ0v) is 14.0. The van der Waals surface area contributed by atoms with Gasteiger partial charge < -0.3 is 15.0 Å². The lowest BCUT2D eigenvalue weighted by molar-refractivity contribution is -0.384. The summed E-state index contributed by atoms with van der Waals surface area (Å²) in [6, 6.07) is 8.20. The molecule has 1 aromatic carbocycles. The maximum Gasteiger partial charge on any atom is 0.334 e. The maximum absolute atomic E-state index is 11.2. The molecule has 128 valence electrons. The SMILES string of the molecule is Cc1nn(C)c(Nc2ccc(N3CCOCC3C)cc2)c1[N+](=O)[O-]. The molecule has 0 radical (unpaired) electrons. The van der Waals surface area contributed by atoms with Crippen LogP contribution >= 0.6 is 0 Å². The Morgan fingerprint density at radius 3 is 2.71 bits per heavy atom. The van der Waals surface area contributed by atoms with Crippen molar-refractivity contribution in [2.75, 3.05) is 30.0 Å². The Labute approximate surface area is 140 Å². The van der Waals surface area contributed by atoms with Crippen LogP contribution in [-0.4, -0.2) is 40.5 Å². The molecule has 1 aromatic heterocycles. The van der Waals surface area contributed by atoms with Crippen LogP contribution in [0.5, 0.6) is 0 Å². The minimum Gasteiger partial charge on any atom is -0.377 e. The number of nitro groups is 1. The second-order valence-electron chi connectivity index (χ2n) is 5.95. The van der Waals surface area contributed by atoms with E-state index in [1.54, 1.807) is 14.0 Å². The monoisotopic (exact) mass is 331 g/mol. The zero-order chi connectivity index (χ0) is 17.3. The lowest BCUT2D eigenvalue weighted by Crippen LogP contribution is -2.43. The average molecular weight is 331 g/mol. The van der Waals surface area contributed by atoms with Crippen LogP contribution in [0.1, 0.15) is 12.6 Å². The Morgan fingerprint density at radius 2 is 2.08 bits per heavy atom. The van der Waals surface area contributed by atoms with Gasteiger partial charge in [0.1, 0.15) is 5.69 Å². The molecule has 1 aliphatic heterocycles. The zero-order valence-electron chi connectivity index (χ0n) is 14.0. The van der Waals surface area contributed by atoms with E-state index in [0.29, 0.717) is 17.6 Å².